The highest BCUT2D eigenvalue weighted by Crippen LogP contribution is 2.60. The Kier molecular flexibility index (Phi) is 7.98. The molecular formula is C28H44F2O3. The molecule has 3 fully saturated rings. The highest BCUT2D eigenvalue weighted by Gasteiger charge is 2.51. The van der Waals surface area contributed by atoms with Crippen LogP contribution < -0.4 is 0 Å². The smallest absolute Gasteiger partial charge is 0.275 e. The minimum atomic E-state index is -3.06. The lowest BCUT2D eigenvalue weighted by atomic mass is 9.60. The zero-order valence-electron chi connectivity index (χ0n) is 20.9. The Bertz CT molecular complexity index is 779. The molecule has 0 radical (unpaired) electrons. The Hall–Kier alpha value is -1.04. The van der Waals surface area contributed by atoms with E-state index in [1.807, 2.05) is 0 Å². The van der Waals surface area contributed by atoms with Gasteiger partial charge >= 0.3 is 0 Å². The molecule has 3 nitrogen and oxygen atoms in total. The van der Waals surface area contributed by atoms with Crippen LogP contribution in [-0.2, 0) is 0 Å². The van der Waals surface area contributed by atoms with E-state index in [0.717, 1.165) is 43.3 Å². The molecule has 0 amide bonds. The fourth-order valence-corrected chi connectivity index (χ4v) is 6.83. The maximum atomic E-state index is 14.2. The molecule has 0 spiro atoms. The molecule has 5 heteroatoms. The summed E-state index contributed by atoms with van der Waals surface area (Å²) in [6.07, 6.45) is 10.5. The minimum Gasteiger partial charge on any atom is -0.393 e. The highest BCUT2D eigenvalue weighted by atomic mass is 19.3. The highest BCUT2D eigenvalue weighted by molar-refractivity contribution is 5.38. The molecule has 188 valence electrons. The summed E-state index contributed by atoms with van der Waals surface area (Å²) in [6.45, 7) is 11.0. The van der Waals surface area contributed by atoms with E-state index in [2.05, 4.69) is 32.6 Å². The molecule has 0 aromatic carbocycles. The summed E-state index contributed by atoms with van der Waals surface area (Å²) in [5, 5.41) is 29.9. The second kappa shape index (κ2) is 9.91. The summed E-state index contributed by atoms with van der Waals surface area (Å²) in [7, 11) is 0. The van der Waals surface area contributed by atoms with E-state index in [-0.39, 0.29) is 11.8 Å². The molecule has 3 rings (SSSR count). The number of hydrogen-bond acceptors (Lipinski definition) is 3. The Morgan fingerprint density at radius 3 is 2.58 bits per heavy atom. The number of allylic oxidation sites excluding steroid dienone is 3. The van der Waals surface area contributed by atoms with Gasteiger partial charge in [0.1, 0.15) is 5.60 Å². The second-order valence-electron chi connectivity index (χ2n) is 11.8. The van der Waals surface area contributed by atoms with Crippen LogP contribution in [0.3, 0.4) is 0 Å². The zero-order valence-corrected chi connectivity index (χ0v) is 20.9. The number of alkyl halides is 2. The van der Waals surface area contributed by atoms with Gasteiger partial charge in [0, 0.05) is 12.8 Å². The van der Waals surface area contributed by atoms with E-state index in [1.54, 1.807) is 0 Å². The molecule has 3 saturated carbocycles. The van der Waals surface area contributed by atoms with Crippen molar-refractivity contribution in [3.8, 4) is 0 Å². The average molecular weight is 467 g/mol. The van der Waals surface area contributed by atoms with Crippen molar-refractivity contribution in [3.63, 3.8) is 0 Å². The molecule has 3 unspecified atom stereocenters. The van der Waals surface area contributed by atoms with Crippen molar-refractivity contribution in [2.24, 2.45) is 23.2 Å². The van der Waals surface area contributed by atoms with Gasteiger partial charge in [-0.3, -0.25) is 0 Å². The number of rotatable bonds is 7. The van der Waals surface area contributed by atoms with Gasteiger partial charge in [0.2, 0.25) is 0 Å². The van der Waals surface area contributed by atoms with Crippen LogP contribution in [0.25, 0.3) is 0 Å². The van der Waals surface area contributed by atoms with Crippen molar-refractivity contribution in [2.45, 2.75) is 116 Å². The fourth-order valence-electron chi connectivity index (χ4n) is 6.83. The van der Waals surface area contributed by atoms with E-state index in [9.17, 15) is 24.1 Å². The molecule has 0 aromatic rings. The van der Waals surface area contributed by atoms with Gasteiger partial charge < -0.3 is 15.3 Å². The fraction of sp³-hybridized carbons (Fsp3) is 0.786. The Labute approximate surface area is 198 Å². The predicted octanol–water partition coefficient (Wildman–Crippen LogP) is 6.34. The first-order valence-corrected chi connectivity index (χ1v) is 12.8. The quantitative estimate of drug-likeness (QED) is 0.410. The van der Waals surface area contributed by atoms with Crippen LogP contribution in [0.2, 0.25) is 0 Å². The third kappa shape index (κ3) is 5.62. The molecule has 0 heterocycles. The normalized spacial score (nSPS) is 36.9. The van der Waals surface area contributed by atoms with Gasteiger partial charge in [0.15, 0.2) is 0 Å². The maximum Gasteiger partial charge on any atom is 0.275 e. The lowest BCUT2D eigenvalue weighted by Crippen LogP contribution is -2.42. The third-order valence-electron chi connectivity index (χ3n) is 9.03. The van der Waals surface area contributed by atoms with Crippen LogP contribution in [0.1, 0.15) is 91.9 Å². The molecule has 0 saturated heterocycles. The minimum absolute atomic E-state index is 0.184. The van der Waals surface area contributed by atoms with E-state index in [1.165, 1.54) is 25.8 Å². The summed E-state index contributed by atoms with van der Waals surface area (Å²) in [6, 6.07) is 0. The van der Waals surface area contributed by atoms with Crippen LogP contribution >= 0.6 is 0 Å². The molecule has 0 aliphatic heterocycles. The molecule has 0 bridgehead atoms. The SMILES string of the molecule is C=C1/C(=C\C=C2/CCCC3(C)C2CCC3[C@H](C)CCCC(F)(F)C(C)(C)O)C[C@@H](O)C[C@@H]1O. The van der Waals surface area contributed by atoms with Crippen molar-refractivity contribution < 1.29 is 24.1 Å². The van der Waals surface area contributed by atoms with Crippen molar-refractivity contribution in [1.29, 1.82) is 0 Å². The summed E-state index contributed by atoms with van der Waals surface area (Å²) in [5.74, 6) is -1.67. The molecule has 6 atom stereocenters. The van der Waals surface area contributed by atoms with Crippen molar-refractivity contribution in [2.75, 3.05) is 0 Å². The third-order valence-corrected chi connectivity index (χ3v) is 9.03. The largest absolute Gasteiger partial charge is 0.393 e. The second-order valence-corrected chi connectivity index (χ2v) is 11.8. The van der Waals surface area contributed by atoms with E-state index < -0.39 is 23.7 Å². The van der Waals surface area contributed by atoms with Gasteiger partial charge in [0.25, 0.3) is 5.92 Å². The number of fused-ring (bicyclic) bond motifs is 1. The first kappa shape index (κ1) is 26.6. The van der Waals surface area contributed by atoms with E-state index in [0.29, 0.717) is 37.0 Å². The summed E-state index contributed by atoms with van der Waals surface area (Å²) in [5.41, 5.74) is 1.31. The van der Waals surface area contributed by atoms with E-state index in [4.69, 9.17) is 0 Å². The lowest BCUT2D eigenvalue weighted by molar-refractivity contribution is -0.166. The lowest BCUT2D eigenvalue weighted by Gasteiger charge is -2.44. The van der Waals surface area contributed by atoms with Crippen molar-refractivity contribution >= 4 is 0 Å². The van der Waals surface area contributed by atoms with Crippen LogP contribution in [0.5, 0.6) is 0 Å². The van der Waals surface area contributed by atoms with Gasteiger partial charge in [-0.05, 0) is 93.1 Å². The van der Waals surface area contributed by atoms with E-state index >= 15 is 0 Å². The molecule has 0 aromatic heterocycles. The van der Waals surface area contributed by atoms with Crippen molar-refractivity contribution in [1.82, 2.24) is 0 Å². The number of aliphatic hydroxyl groups excluding tert-OH is 2. The average Bonchev–Trinajstić information content (AvgIpc) is 3.06. The van der Waals surface area contributed by atoms with Gasteiger partial charge in [-0.25, -0.2) is 8.78 Å². The van der Waals surface area contributed by atoms with Crippen LogP contribution in [0, 0.1) is 23.2 Å². The van der Waals surface area contributed by atoms with Crippen molar-refractivity contribution in [3.05, 3.63) is 35.5 Å². The number of aliphatic hydroxyl groups is 3. The van der Waals surface area contributed by atoms with Gasteiger partial charge in [-0.15, -0.1) is 0 Å². The molecule has 33 heavy (non-hydrogen) atoms. The zero-order chi connectivity index (χ0) is 24.6. The standard InChI is InChI=1S/C28H44F2O3/c1-18(8-6-15-28(29,30)26(3,4)33)23-12-13-24-20(9-7-14-27(23,24)5)10-11-21-16-22(31)17-25(32)19(21)2/h10-11,18,22-25,31-33H,2,6-9,12-17H2,1,3-5H3/b20-10+,21-11-/t18-,22-,23?,24?,25+,27?/m1/s1. The van der Waals surface area contributed by atoms with Gasteiger partial charge in [0.05, 0.1) is 12.2 Å². The maximum absolute atomic E-state index is 14.2. The molecule has 3 aliphatic rings. The Morgan fingerprint density at radius 1 is 1.21 bits per heavy atom. The summed E-state index contributed by atoms with van der Waals surface area (Å²) < 4.78 is 28.3. The van der Waals surface area contributed by atoms with Gasteiger partial charge in [-0.1, -0.05) is 44.6 Å². The number of halogens is 2. The monoisotopic (exact) mass is 466 g/mol. The Morgan fingerprint density at radius 2 is 1.91 bits per heavy atom. The first-order valence-electron chi connectivity index (χ1n) is 12.8. The van der Waals surface area contributed by atoms with Crippen LogP contribution in [-0.4, -0.2) is 39.1 Å². The summed E-state index contributed by atoms with van der Waals surface area (Å²) in [4.78, 5) is 0. The van der Waals surface area contributed by atoms with Crippen LogP contribution in [0.4, 0.5) is 8.78 Å². The molecule has 3 aliphatic carbocycles. The van der Waals surface area contributed by atoms with Crippen LogP contribution in [0.15, 0.2) is 35.5 Å². The van der Waals surface area contributed by atoms with Gasteiger partial charge in [-0.2, -0.15) is 0 Å². The number of hydrogen-bond donors (Lipinski definition) is 3. The molecular weight excluding hydrogens is 422 g/mol. The summed E-state index contributed by atoms with van der Waals surface area (Å²) >= 11 is 0. The molecule has 3 N–H and O–H groups in total. The topological polar surface area (TPSA) is 60.7 Å². The first-order chi connectivity index (χ1) is 15.3. The predicted molar refractivity (Wildman–Crippen MR) is 129 cm³/mol. The Balaban J connectivity index is 1.67.